The molecule has 0 saturated carbocycles. The molecular formula is C13H15F3. The van der Waals surface area contributed by atoms with E-state index in [2.05, 4.69) is 0 Å². The highest BCUT2D eigenvalue weighted by molar-refractivity contribution is 5.20. The lowest BCUT2D eigenvalue weighted by Crippen LogP contribution is -2.14. The van der Waals surface area contributed by atoms with Crippen LogP contribution in [0.3, 0.4) is 0 Å². The average Bonchev–Trinajstić information content (AvgIpc) is 2.17. The van der Waals surface area contributed by atoms with Gasteiger partial charge in [-0.2, -0.15) is 13.2 Å². The highest BCUT2D eigenvalue weighted by Gasteiger charge is 2.33. The van der Waals surface area contributed by atoms with E-state index >= 15 is 0 Å². The Bertz CT molecular complexity index is 357. The second kappa shape index (κ2) is 5.19. The number of hydrogen-bond acceptors (Lipinski definition) is 0. The van der Waals surface area contributed by atoms with Crippen LogP contribution in [0.5, 0.6) is 0 Å². The lowest BCUT2D eigenvalue weighted by Gasteiger charge is -2.13. The van der Waals surface area contributed by atoms with Crippen LogP contribution in [0.2, 0.25) is 0 Å². The summed E-state index contributed by atoms with van der Waals surface area (Å²) in [6, 6.07) is 9.23. The summed E-state index contributed by atoms with van der Waals surface area (Å²) in [6.07, 6.45) is -3.72. The second-order valence-corrected chi connectivity index (χ2v) is 3.96. The van der Waals surface area contributed by atoms with Crippen molar-refractivity contribution < 1.29 is 13.2 Å². The van der Waals surface area contributed by atoms with Gasteiger partial charge in [-0.1, -0.05) is 35.9 Å². The van der Waals surface area contributed by atoms with Crippen molar-refractivity contribution in [1.29, 1.82) is 0 Å². The molecule has 1 aromatic rings. The molecule has 1 aromatic carbocycles. The van der Waals surface area contributed by atoms with Gasteiger partial charge in [0.15, 0.2) is 0 Å². The zero-order chi connectivity index (χ0) is 12.2. The van der Waals surface area contributed by atoms with Crippen LogP contribution in [0, 0.1) is 0 Å². The van der Waals surface area contributed by atoms with Crippen molar-refractivity contribution in [2.75, 3.05) is 0 Å². The molecule has 0 radical (unpaired) electrons. The van der Waals surface area contributed by atoms with Gasteiger partial charge in [-0.15, -0.1) is 0 Å². The standard InChI is InChI=1S/C13H15F3/c1-10(2)12(13(14,15)16)9-8-11-6-4-3-5-7-11/h3-7H,8-9H2,1-2H3. The molecule has 0 bridgehead atoms. The normalized spacial score (nSPS) is 11.3. The zero-order valence-corrected chi connectivity index (χ0v) is 9.43. The molecule has 0 aliphatic heterocycles. The summed E-state index contributed by atoms with van der Waals surface area (Å²) in [5.74, 6) is 0. The highest BCUT2D eigenvalue weighted by atomic mass is 19.4. The first kappa shape index (κ1) is 12.8. The van der Waals surface area contributed by atoms with Crippen LogP contribution in [0.25, 0.3) is 0 Å². The molecule has 1 rings (SSSR count). The Morgan fingerprint density at radius 3 is 2.06 bits per heavy atom. The van der Waals surface area contributed by atoms with E-state index in [0.717, 1.165) is 5.56 Å². The Morgan fingerprint density at radius 2 is 1.62 bits per heavy atom. The van der Waals surface area contributed by atoms with E-state index in [1.54, 1.807) is 0 Å². The van der Waals surface area contributed by atoms with Crippen LogP contribution < -0.4 is 0 Å². The number of benzene rings is 1. The van der Waals surface area contributed by atoms with E-state index in [1.807, 2.05) is 30.3 Å². The van der Waals surface area contributed by atoms with Crippen molar-refractivity contribution in [3.05, 3.63) is 47.0 Å². The Balaban J connectivity index is 2.70. The maximum atomic E-state index is 12.6. The maximum Gasteiger partial charge on any atom is 0.412 e. The second-order valence-electron chi connectivity index (χ2n) is 3.96. The minimum absolute atomic E-state index is 0.0514. The van der Waals surface area contributed by atoms with Gasteiger partial charge in [0.25, 0.3) is 0 Å². The predicted octanol–water partition coefficient (Wildman–Crippen LogP) is 4.52. The number of alkyl halides is 3. The summed E-state index contributed by atoms with van der Waals surface area (Å²) in [5, 5.41) is 0. The molecule has 3 heteroatoms. The van der Waals surface area contributed by atoms with Crippen LogP contribution in [-0.2, 0) is 6.42 Å². The van der Waals surface area contributed by atoms with E-state index < -0.39 is 11.7 Å². The van der Waals surface area contributed by atoms with Crippen molar-refractivity contribution in [3.63, 3.8) is 0 Å². The van der Waals surface area contributed by atoms with Gasteiger partial charge >= 0.3 is 6.18 Å². The van der Waals surface area contributed by atoms with Gasteiger partial charge < -0.3 is 0 Å². The number of rotatable bonds is 3. The number of aryl methyl sites for hydroxylation is 1. The molecule has 0 aromatic heterocycles. The molecular weight excluding hydrogens is 213 g/mol. The lowest BCUT2D eigenvalue weighted by molar-refractivity contribution is -0.0947. The summed E-state index contributed by atoms with van der Waals surface area (Å²) in [4.78, 5) is 0. The predicted molar refractivity (Wildman–Crippen MR) is 59.2 cm³/mol. The summed E-state index contributed by atoms with van der Waals surface area (Å²) >= 11 is 0. The Labute approximate surface area is 93.8 Å². The third kappa shape index (κ3) is 3.72. The van der Waals surface area contributed by atoms with Gasteiger partial charge in [0.2, 0.25) is 0 Å². The van der Waals surface area contributed by atoms with Crippen molar-refractivity contribution >= 4 is 0 Å². The van der Waals surface area contributed by atoms with Crippen LogP contribution in [0.1, 0.15) is 25.8 Å². The summed E-state index contributed by atoms with van der Waals surface area (Å²) in [7, 11) is 0. The minimum Gasteiger partial charge on any atom is -0.166 e. The van der Waals surface area contributed by atoms with Gasteiger partial charge in [-0.3, -0.25) is 0 Å². The van der Waals surface area contributed by atoms with Crippen LogP contribution in [0.4, 0.5) is 13.2 Å². The topological polar surface area (TPSA) is 0 Å². The maximum absolute atomic E-state index is 12.6. The molecule has 88 valence electrons. The molecule has 0 N–H and O–H groups in total. The van der Waals surface area contributed by atoms with Gasteiger partial charge in [0.1, 0.15) is 0 Å². The first-order valence-electron chi connectivity index (χ1n) is 5.18. The van der Waals surface area contributed by atoms with E-state index in [1.165, 1.54) is 13.8 Å². The van der Waals surface area contributed by atoms with Gasteiger partial charge in [0, 0.05) is 5.57 Å². The molecule has 16 heavy (non-hydrogen) atoms. The minimum atomic E-state index is -4.20. The summed E-state index contributed by atoms with van der Waals surface area (Å²) in [5.41, 5.74) is 0.880. The van der Waals surface area contributed by atoms with E-state index in [0.29, 0.717) is 12.0 Å². The molecule has 0 aliphatic rings. The Hall–Kier alpha value is -1.25. The van der Waals surface area contributed by atoms with Crippen LogP contribution in [-0.4, -0.2) is 6.18 Å². The van der Waals surface area contributed by atoms with Crippen LogP contribution >= 0.6 is 0 Å². The van der Waals surface area contributed by atoms with E-state index in [-0.39, 0.29) is 6.42 Å². The molecule has 0 unspecified atom stereocenters. The molecule has 0 heterocycles. The molecule has 0 amide bonds. The Kier molecular flexibility index (Phi) is 4.16. The smallest absolute Gasteiger partial charge is 0.166 e. The fraction of sp³-hybridized carbons (Fsp3) is 0.385. The molecule has 0 fully saturated rings. The first-order valence-corrected chi connectivity index (χ1v) is 5.18. The number of halogens is 3. The van der Waals surface area contributed by atoms with E-state index in [4.69, 9.17) is 0 Å². The summed E-state index contributed by atoms with van der Waals surface area (Å²) in [6.45, 7) is 3.02. The van der Waals surface area contributed by atoms with Gasteiger partial charge in [0.05, 0.1) is 0 Å². The first-order chi connectivity index (χ1) is 7.41. The summed E-state index contributed by atoms with van der Waals surface area (Å²) < 4.78 is 37.8. The monoisotopic (exact) mass is 228 g/mol. The van der Waals surface area contributed by atoms with Crippen molar-refractivity contribution in [2.24, 2.45) is 0 Å². The molecule has 0 atom stereocenters. The average molecular weight is 228 g/mol. The fourth-order valence-electron chi connectivity index (χ4n) is 1.59. The molecule has 0 spiro atoms. The third-order valence-corrected chi connectivity index (χ3v) is 2.45. The van der Waals surface area contributed by atoms with E-state index in [9.17, 15) is 13.2 Å². The molecule has 0 saturated heterocycles. The fourth-order valence-corrected chi connectivity index (χ4v) is 1.59. The van der Waals surface area contributed by atoms with Crippen molar-refractivity contribution in [1.82, 2.24) is 0 Å². The highest BCUT2D eigenvalue weighted by Crippen LogP contribution is 2.31. The molecule has 0 nitrogen and oxygen atoms in total. The van der Waals surface area contributed by atoms with Gasteiger partial charge in [-0.05, 0) is 32.3 Å². The largest absolute Gasteiger partial charge is 0.412 e. The van der Waals surface area contributed by atoms with Crippen molar-refractivity contribution in [2.45, 2.75) is 32.9 Å². The van der Waals surface area contributed by atoms with Gasteiger partial charge in [-0.25, -0.2) is 0 Å². The van der Waals surface area contributed by atoms with Crippen molar-refractivity contribution in [3.8, 4) is 0 Å². The number of allylic oxidation sites excluding steroid dienone is 2. The zero-order valence-electron chi connectivity index (χ0n) is 9.43. The quantitative estimate of drug-likeness (QED) is 0.667. The lowest BCUT2D eigenvalue weighted by atomic mass is 10.0. The third-order valence-electron chi connectivity index (χ3n) is 2.45. The Morgan fingerprint density at radius 1 is 1.06 bits per heavy atom. The number of hydrogen-bond donors (Lipinski definition) is 0. The molecule has 0 aliphatic carbocycles. The van der Waals surface area contributed by atoms with Crippen LogP contribution in [0.15, 0.2) is 41.5 Å². The SMILES string of the molecule is CC(C)=C(CCc1ccccc1)C(F)(F)F.